The van der Waals surface area contributed by atoms with Crippen molar-refractivity contribution in [2.24, 2.45) is 0 Å². The van der Waals surface area contributed by atoms with Crippen molar-refractivity contribution in [2.75, 3.05) is 5.73 Å². The first-order valence-corrected chi connectivity index (χ1v) is 6.31. The average molecular weight is 252 g/mol. The number of nitrogens with two attached hydrogens (primary N) is 1. The summed E-state index contributed by atoms with van der Waals surface area (Å²) in [6, 6.07) is 10.2. The molecule has 0 radical (unpaired) electrons. The molecule has 4 heteroatoms. The van der Waals surface area contributed by atoms with Crippen LogP contribution in [0.15, 0.2) is 42.7 Å². The Morgan fingerprint density at radius 2 is 2.05 bits per heavy atom. The highest BCUT2D eigenvalue weighted by Gasteiger charge is 2.16. The van der Waals surface area contributed by atoms with Crippen LogP contribution in [0.4, 0.5) is 5.95 Å². The van der Waals surface area contributed by atoms with Gasteiger partial charge in [0, 0.05) is 12.4 Å². The third-order valence-corrected chi connectivity index (χ3v) is 3.49. The Morgan fingerprint density at radius 1 is 1.21 bits per heavy atom. The summed E-state index contributed by atoms with van der Waals surface area (Å²) in [7, 11) is 0. The molecule has 0 aliphatic carbocycles. The molecule has 0 aliphatic heterocycles. The molecule has 0 saturated carbocycles. The SMILES string of the molecule is Cc1cccc2nc(N)n(C(C)c3cccnc3)c12. The molecule has 2 heterocycles. The van der Waals surface area contributed by atoms with Crippen LogP contribution in [0.1, 0.15) is 24.1 Å². The predicted molar refractivity (Wildman–Crippen MR) is 76.9 cm³/mol. The van der Waals surface area contributed by atoms with Gasteiger partial charge < -0.3 is 10.3 Å². The van der Waals surface area contributed by atoms with Crippen molar-refractivity contribution in [3.63, 3.8) is 0 Å². The number of anilines is 1. The zero-order valence-corrected chi connectivity index (χ0v) is 11.0. The molecule has 0 spiro atoms. The van der Waals surface area contributed by atoms with Crippen molar-refractivity contribution in [1.82, 2.24) is 14.5 Å². The highest BCUT2D eigenvalue weighted by Crippen LogP contribution is 2.28. The van der Waals surface area contributed by atoms with Crippen LogP contribution in [-0.4, -0.2) is 14.5 Å². The summed E-state index contributed by atoms with van der Waals surface area (Å²) in [5, 5.41) is 0. The Hall–Kier alpha value is -2.36. The quantitative estimate of drug-likeness (QED) is 0.763. The minimum atomic E-state index is 0.111. The van der Waals surface area contributed by atoms with Crippen LogP contribution in [-0.2, 0) is 0 Å². The molecule has 19 heavy (non-hydrogen) atoms. The molecular weight excluding hydrogens is 236 g/mol. The second-order valence-electron chi connectivity index (χ2n) is 4.74. The maximum Gasteiger partial charge on any atom is 0.201 e. The Balaban J connectivity index is 2.23. The molecule has 2 aromatic heterocycles. The number of benzene rings is 1. The summed E-state index contributed by atoms with van der Waals surface area (Å²) < 4.78 is 2.07. The molecule has 1 aromatic carbocycles. The lowest BCUT2D eigenvalue weighted by atomic mass is 10.1. The summed E-state index contributed by atoms with van der Waals surface area (Å²) in [6.07, 6.45) is 3.64. The lowest BCUT2D eigenvalue weighted by molar-refractivity contribution is 0.664. The van der Waals surface area contributed by atoms with Gasteiger partial charge in [-0.25, -0.2) is 4.98 Å². The van der Waals surface area contributed by atoms with Crippen LogP contribution in [0.2, 0.25) is 0 Å². The van der Waals surface area contributed by atoms with Crippen LogP contribution in [0.5, 0.6) is 0 Å². The van der Waals surface area contributed by atoms with Gasteiger partial charge in [0.05, 0.1) is 17.1 Å². The maximum atomic E-state index is 6.09. The number of nitrogen functional groups attached to an aromatic ring is 1. The molecule has 0 bridgehead atoms. The van der Waals surface area contributed by atoms with Gasteiger partial charge in [0.1, 0.15) is 0 Å². The zero-order chi connectivity index (χ0) is 13.4. The van der Waals surface area contributed by atoms with E-state index in [1.165, 1.54) is 5.56 Å². The summed E-state index contributed by atoms with van der Waals surface area (Å²) >= 11 is 0. The molecule has 96 valence electrons. The van der Waals surface area contributed by atoms with Gasteiger partial charge in [0.15, 0.2) is 0 Å². The van der Waals surface area contributed by atoms with Crippen LogP contribution in [0, 0.1) is 6.92 Å². The van der Waals surface area contributed by atoms with Gasteiger partial charge in [0.25, 0.3) is 0 Å². The number of imidazole rings is 1. The highest BCUT2D eigenvalue weighted by molar-refractivity contribution is 5.81. The first kappa shape index (κ1) is 11.7. The van der Waals surface area contributed by atoms with Crippen LogP contribution in [0.25, 0.3) is 11.0 Å². The van der Waals surface area contributed by atoms with E-state index in [1.807, 2.05) is 24.4 Å². The zero-order valence-electron chi connectivity index (χ0n) is 11.0. The number of aryl methyl sites for hydroxylation is 1. The number of fused-ring (bicyclic) bond motifs is 1. The topological polar surface area (TPSA) is 56.7 Å². The first-order chi connectivity index (χ1) is 9.18. The largest absolute Gasteiger partial charge is 0.369 e. The van der Waals surface area contributed by atoms with Gasteiger partial charge in [0.2, 0.25) is 5.95 Å². The van der Waals surface area contributed by atoms with E-state index in [0.29, 0.717) is 5.95 Å². The van der Waals surface area contributed by atoms with E-state index in [-0.39, 0.29) is 6.04 Å². The van der Waals surface area contributed by atoms with E-state index >= 15 is 0 Å². The minimum Gasteiger partial charge on any atom is -0.369 e. The van der Waals surface area contributed by atoms with Crippen LogP contribution >= 0.6 is 0 Å². The number of hydrogen-bond acceptors (Lipinski definition) is 3. The Morgan fingerprint density at radius 3 is 2.79 bits per heavy atom. The van der Waals surface area contributed by atoms with Crippen LogP contribution < -0.4 is 5.73 Å². The molecule has 4 nitrogen and oxygen atoms in total. The number of rotatable bonds is 2. The number of para-hydroxylation sites is 1. The molecule has 1 atom stereocenters. The lowest BCUT2D eigenvalue weighted by Crippen LogP contribution is -2.10. The summed E-state index contributed by atoms with van der Waals surface area (Å²) in [4.78, 5) is 8.61. The molecular formula is C15H16N4. The highest BCUT2D eigenvalue weighted by atomic mass is 15.2. The first-order valence-electron chi connectivity index (χ1n) is 6.31. The van der Waals surface area contributed by atoms with Gasteiger partial charge in [-0.1, -0.05) is 18.2 Å². The van der Waals surface area contributed by atoms with E-state index in [2.05, 4.69) is 40.5 Å². The lowest BCUT2D eigenvalue weighted by Gasteiger charge is -2.16. The molecule has 0 fully saturated rings. The molecule has 0 amide bonds. The number of nitrogens with zero attached hydrogens (tertiary/aromatic N) is 3. The Labute approximate surface area is 111 Å². The third kappa shape index (κ3) is 1.85. The molecule has 2 N–H and O–H groups in total. The second-order valence-corrected chi connectivity index (χ2v) is 4.74. The van der Waals surface area contributed by atoms with Gasteiger partial charge in [-0.2, -0.15) is 0 Å². The van der Waals surface area contributed by atoms with Crippen molar-refractivity contribution in [2.45, 2.75) is 19.9 Å². The average Bonchev–Trinajstić information content (AvgIpc) is 2.76. The van der Waals surface area contributed by atoms with E-state index < -0.39 is 0 Å². The van der Waals surface area contributed by atoms with E-state index in [0.717, 1.165) is 16.6 Å². The van der Waals surface area contributed by atoms with Crippen molar-refractivity contribution < 1.29 is 0 Å². The smallest absolute Gasteiger partial charge is 0.201 e. The standard InChI is InChI=1S/C15H16N4/c1-10-5-3-7-13-14(10)19(15(16)18-13)11(2)12-6-4-8-17-9-12/h3-9,11H,1-2H3,(H2,16,18). The van der Waals surface area contributed by atoms with Gasteiger partial charge in [-0.3, -0.25) is 4.98 Å². The second kappa shape index (κ2) is 4.39. The molecule has 3 aromatic rings. The number of pyridine rings is 1. The number of hydrogen-bond donors (Lipinski definition) is 1. The Kier molecular flexibility index (Phi) is 2.71. The van der Waals surface area contributed by atoms with Gasteiger partial charge in [-0.15, -0.1) is 0 Å². The fourth-order valence-corrected chi connectivity index (χ4v) is 2.50. The summed E-state index contributed by atoms with van der Waals surface area (Å²) in [6.45, 7) is 4.19. The fourth-order valence-electron chi connectivity index (χ4n) is 2.50. The van der Waals surface area contributed by atoms with E-state index in [1.54, 1.807) is 6.20 Å². The van der Waals surface area contributed by atoms with E-state index in [4.69, 9.17) is 5.73 Å². The predicted octanol–water partition coefficient (Wildman–Crippen LogP) is 2.93. The molecule has 0 aliphatic rings. The van der Waals surface area contributed by atoms with Crippen molar-refractivity contribution in [3.8, 4) is 0 Å². The van der Waals surface area contributed by atoms with E-state index in [9.17, 15) is 0 Å². The third-order valence-electron chi connectivity index (χ3n) is 3.49. The van der Waals surface area contributed by atoms with Crippen molar-refractivity contribution >= 4 is 17.0 Å². The fraction of sp³-hybridized carbons (Fsp3) is 0.200. The molecule has 3 rings (SSSR count). The summed E-state index contributed by atoms with van der Waals surface area (Å²) in [5.41, 5.74) is 10.4. The van der Waals surface area contributed by atoms with Crippen molar-refractivity contribution in [3.05, 3.63) is 53.9 Å². The maximum absolute atomic E-state index is 6.09. The number of aromatic nitrogens is 3. The molecule has 0 saturated heterocycles. The van der Waals surface area contributed by atoms with Crippen LogP contribution in [0.3, 0.4) is 0 Å². The normalized spacial score (nSPS) is 12.7. The van der Waals surface area contributed by atoms with Crippen molar-refractivity contribution in [1.29, 1.82) is 0 Å². The summed E-state index contributed by atoms with van der Waals surface area (Å²) in [5.74, 6) is 0.542. The van der Waals surface area contributed by atoms with Gasteiger partial charge in [-0.05, 0) is 37.1 Å². The Bertz CT molecular complexity index is 716. The monoisotopic (exact) mass is 252 g/mol. The minimum absolute atomic E-state index is 0.111. The molecule has 1 unspecified atom stereocenters. The van der Waals surface area contributed by atoms with Gasteiger partial charge >= 0.3 is 0 Å².